The van der Waals surface area contributed by atoms with Crippen LogP contribution in [0.4, 0.5) is 5.13 Å². The average Bonchev–Trinajstić information content (AvgIpc) is 3.39. The van der Waals surface area contributed by atoms with Crippen molar-refractivity contribution in [2.75, 3.05) is 11.9 Å². The summed E-state index contributed by atoms with van der Waals surface area (Å²) in [6.45, 7) is 3.78. The third-order valence-corrected chi connectivity index (χ3v) is 6.37. The van der Waals surface area contributed by atoms with E-state index in [2.05, 4.69) is 20.3 Å². The molecule has 1 N–H and O–H groups in total. The van der Waals surface area contributed by atoms with Gasteiger partial charge in [-0.3, -0.25) is 15.1 Å². The molecule has 0 unspecified atom stereocenters. The minimum absolute atomic E-state index is 0.253. The highest BCUT2D eigenvalue weighted by molar-refractivity contribution is 7.19. The number of carbonyl (C=O) groups is 2. The van der Waals surface area contributed by atoms with Gasteiger partial charge in [-0.2, -0.15) is 0 Å². The van der Waals surface area contributed by atoms with Gasteiger partial charge in [-0.05, 0) is 26.0 Å². The van der Waals surface area contributed by atoms with Gasteiger partial charge in [-0.1, -0.05) is 47.7 Å². The average molecular weight is 451 g/mol. The lowest BCUT2D eigenvalue weighted by molar-refractivity contribution is 0.0532. The number of pyridine rings is 1. The van der Waals surface area contributed by atoms with Crippen LogP contribution in [-0.2, 0) is 4.74 Å². The van der Waals surface area contributed by atoms with Crippen molar-refractivity contribution in [1.82, 2.24) is 15.0 Å². The number of nitrogens with one attached hydrogen (secondary N) is 1. The molecule has 0 spiro atoms. The summed E-state index contributed by atoms with van der Waals surface area (Å²) in [5, 5.41) is 3.79. The summed E-state index contributed by atoms with van der Waals surface area (Å²) >= 11 is 2.35. The van der Waals surface area contributed by atoms with Gasteiger partial charge in [-0.25, -0.2) is 14.8 Å². The molecule has 156 valence electrons. The molecule has 3 aromatic heterocycles. The first-order chi connectivity index (χ1) is 15.1. The van der Waals surface area contributed by atoms with Crippen LogP contribution in [0.15, 0.2) is 54.7 Å². The van der Waals surface area contributed by atoms with E-state index < -0.39 is 5.97 Å². The van der Waals surface area contributed by atoms with Crippen molar-refractivity contribution >= 4 is 39.7 Å². The Bertz CT molecular complexity index is 1220. The van der Waals surface area contributed by atoms with E-state index in [0.29, 0.717) is 37.0 Å². The number of benzene rings is 1. The number of ether oxygens (including phenoxy) is 1. The zero-order valence-corrected chi connectivity index (χ0v) is 18.4. The van der Waals surface area contributed by atoms with Gasteiger partial charge in [0.2, 0.25) is 0 Å². The van der Waals surface area contributed by atoms with E-state index in [-0.39, 0.29) is 12.5 Å². The largest absolute Gasteiger partial charge is 0.462 e. The molecule has 0 radical (unpaired) electrons. The number of aryl methyl sites for hydroxylation is 1. The quantitative estimate of drug-likeness (QED) is 0.412. The minimum atomic E-state index is -0.467. The van der Waals surface area contributed by atoms with E-state index in [0.717, 1.165) is 16.9 Å². The number of rotatable bonds is 6. The normalized spacial score (nSPS) is 10.6. The highest BCUT2D eigenvalue weighted by Gasteiger charge is 2.23. The Hall–Kier alpha value is -3.43. The van der Waals surface area contributed by atoms with Gasteiger partial charge in [0.1, 0.15) is 14.8 Å². The minimum Gasteiger partial charge on any atom is -0.462 e. The number of nitrogens with zero attached hydrogens (tertiary/aromatic N) is 3. The van der Waals surface area contributed by atoms with E-state index >= 15 is 0 Å². The molecule has 0 atom stereocenters. The van der Waals surface area contributed by atoms with Crippen molar-refractivity contribution < 1.29 is 14.3 Å². The summed E-state index contributed by atoms with van der Waals surface area (Å²) < 4.78 is 5.17. The molecule has 4 rings (SSSR count). The van der Waals surface area contributed by atoms with E-state index in [1.807, 2.05) is 48.5 Å². The maximum atomic E-state index is 12.9. The Morgan fingerprint density at radius 1 is 1.00 bits per heavy atom. The van der Waals surface area contributed by atoms with E-state index in [1.165, 1.54) is 11.3 Å². The lowest BCUT2D eigenvalue weighted by atomic mass is 10.1. The van der Waals surface area contributed by atoms with E-state index in [1.54, 1.807) is 20.0 Å². The van der Waals surface area contributed by atoms with E-state index in [4.69, 9.17) is 4.74 Å². The van der Waals surface area contributed by atoms with Crippen molar-refractivity contribution in [3.63, 3.8) is 0 Å². The Balaban J connectivity index is 1.63. The van der Waals surface area contributed by atoms with Gasteiger partial charge in [0.15, 0.2) is 5.13 Å². The van der Waals surface area contributed by atoms with Crippen LogP contribution in [0.1, 0.15) is 32.0 Å². The van der Waals surface area contributed by atoms with Crippen LogP contribution in [0.5, 0.6) is 0 Å². The van der Waals surface area contributed by atoms with Crippen molar-refractivity contribution in [3.05, 3.63) is 70.2 Å². The topological polar surface area (TPSA) is 94.1 Å². The summed E-state index contributed by atoms with van der Waals surface area (Å²) in [5.41, 5.74) is 2.57. The maximum Gasteiger partial charge on any atom is 0.350 e. The smallest absolute Gasteiger partial charge is 0.350 e. The molecule has 7 nitrogen and oxygen atoms in total. The first-order valence-corrected chi connectivity index (χ1v) is 11.1. The van der Waals surface area contributed by atoms with Crippen LogP contribution in [0.2, 0.25) is 0 Å². The van der Waals surface area contributed by atoms with Gasteiger partial charge in [0.05, 0.1) is 23.7 Å². The summed E-state index contributed by atoms with van der Waals surface area (Å²) in [5.74, 6) is -0.799. The summed E-state index contributed by atoms with van der Waals surface area (Å²) in [6.07, 6.45) is 1.68. The molecule has 4 aromatic rings. The number of carbonyl (C=O) groups excluding carboxylic acids is 2. The number of amides is 1. The molecule has 0 saturated carbocycles. The van der Waals surface area contributed by atoms with Crippen molar-refractivity contribution in [3.8, 4) is 22.0 Å². The van der Waals surface area contributed by atoms with Crippen molar-refractivity contribution in [2.45, 2.75) is 13.8 Å². The number of hydrogen-bond donors (Lipinski definition) is 1. The number of aromatic nitrogens is 3. The molecule has 9 heteroatoms. The predicted octanol–water partition coefficient (Wildman–Crippen LogP) is 5.07. The number of esters is 1. The van der Waals surface area contributed by atoms with Crippen LogP contribution < -0.4 is 5.32 Å². The van der Waals surface area contributed by atoms with Crippen LogP contribution in [0.25, 0.3) is 22.0 Å². The molecular formula is C22H18N4O3S2. The Morgan fingerprint density at radius 3 is 2.48 bits per heavy atom. The van der Waals surface area contributed by atoms with E-state index in [9.17, 15) is 9.59 Å². The second-order valence-corrected chi connectivity index (χ2v) is 8.38. The molecular weight excluding hydrogens is 432 g/mol. The fourth-order valence-corrected chi connectivity index (χ4v) is 4.67. The molecule has 3 heterocycles. The lowest BCUT2D eigenvalue weighted by Gasteiger charge is -2.01. The van der Waals surface area contributed by atoms with Gasteiger partial charge >= 0.3 is 5.97 Å². The molecule has 0 saturated heterocycles. The number of anilines is 1. The van der Waals surface area contributed by atoms with Gasteiger partial charge in [-0.15, -0.1) is 11.3 Å². The zero-order chi connectivity index (χ0) is 21.8. The first kappa shape index (κ1) is 20.8. The monoisotopic (exact) mass is 450 g/mol. The highest BCUT2D eigenvalue weighted by Crippen LogP contribution is 2.33. The summed E-state index contributed by atoms with van der Waals surface area (Å²) in [6, 6.07) is 14.9. The Kier molecular flexibility index (Phi) is 6.15. The first-order valence-electron chi connectivity index (χ1n) is 9.50. The fraction of sp³-hybridized carbons (Fsp3) is 0.136. The van der Waals surface area contributed by atoms with Crippen LogP contribution >= 0.6 is 22.7 Å². The second-order valence-electron chi connectivity index (χ2n) is 6.39. The summed E-state index contributed by atoms with van der Waals surface area (Å²) in [7, 11) is 0. The highest BCUT2D eigenvalue weighted by atomic mass is 32.1. The van der Waals surface area contributed by atoms with Crippen LogP contribution in [0, 0.1) is 6.92 Å². The van der Waals surface area contributed by atoms with Gasteiger partial charge < -0.3 is 4.74 Å². The molecule has 1 amide bonds. The molecule has 0 bridgehead atoms. The third-order valence-electron chi connectivity index (χ3n) is 4.24. The molecule has 0 aliphatic carbocycles. The fourth-order valence-electron chi connectivity index (χ4n) is 2.86. The Morgan fingerprint density at radius 2 is 1.77 bits per heavy atom. The Labute approximate surface area is 186 Å². The maximum absolute atomic E-state index is 12.9. The van der Waals surface area contributed by atoms with Crippen molar-refractivity contribution in [2.24, 2.45) is 0 Å². The molecule has 0 aliphatic heterocycles. The van der Waals surface area contributed by atoms with Crippen LogP contribution in [0.3, 0.4) is 0 Å². The number of hydrogen-bond acceptors (Lipinski definition) is 8. The third kappa shape index (κ3) is 4.52. The molecule has 1 aromatic carbocycles. The lowest BCUT2D eigenvalue weighted by Crippen LogP contribution is -2.11. The molecule has 0 aliphatic rings. The number of thiazole rings is 2. The van der Waals surface area contributed by atoms with Gasteiger partial charge in [0.25, 0.3) is 5.91 Å². The van der Waals surface area contributed by atoms with Crippen LogP contribution in [-0.4, -0.2) is 33.4 Å². The standard InChI is InChI=1S/C22H18N4O3S2/c1-3-29-21(28)18-16(14-9-5-4-6-10-14)25-22(31-18)26-19(27)17-13(2)24-20(30-17)15-11-7-8-12-23-15/h4-12H,3H2,1-2H3,(H,25,26,27). The van der Waals surface area contributed by atoms with Crippen molar-refractivity contribution in [1.29, 1.82) is 0 Å². The second kappa shape index (κ2) is 9.15. The molecule has 31 heavy (non-hydrogen) atoms. The zero-order valence-electron chi connectivity index (χ0n) is 16.8. The molecule has 0 fully saturated rings. The SMILES string of the molecule is CCOC(=O)c1sc(NC(=O)c2sc(-c3ccccn3)nc2C)nc1-c1ccccc1. The predicted molar refractivity (Wildman–Crippen MR) is 122 cm³/mol. The van der Waals surface area contributed by atoms with Gasteiger partial charge in [0, 0.05) is 11.8 Å². The summed E-state index contributed by atoms with van der Waals surface area (Å²) in [4.78, 5) is 39.4.